The number of carbonyl (C=O) groups is 1. The molecule has 0 unspecified atom stereocenters. The summed E-state index contributed by atoms with van der Waals surface area (Å²) in [4.78, 5) is 25.3. The second-order valence-electron chi connectivity index (χ2n) is 6.50. The molecule has 0 spiro atoms. The minimum absolute atomic E-state index is 0. The molecule has 2 fully saturated rings. The summed E-state index contributed by atoms with van der Waals surface area (Å²) in [6.07, 6.45) is 7.30. The number of rotatable bonds is 5. The van der Waals surface area contributed by atoms with Gasteiger partial charge >= 0.3 is 0 Å². The highest BCUT2D eigenvalue weighted by Gasteiger charge is 2.36. The van der Waals surface area contributed by atoms with Gasteiger partial charge in [-0.2, -0.15) is 0 Å². The van der Waals surface area contributed by atoms with Crippen molar-refractivity contribution in [1.82, 2.24) is 20.2 Å². The Balaban J connectivity index is 0.00000208. The van der Waals surface area contributed by atoms with Crippen molar-refractivity contribution in [2.75, 3.05) is 44.2 Å². The monoisotopic (exact) mass is 426 g/mol. The first-order chi connectivity index (χ1) is 11.2. The van der Waals surface area contributed by atoms with E-state index < -0.39 is 5.54 Å². The van der Waals surface area contributed by atoms with Crippen molar-refractivity contribution in [3.05, 3.63) is 18.5 Å². The van der Waals surface area contributed by atoms with E-state index >= 15 is 0 Å². The summed E-state index contributed by atoms with van der Waals surface area (Å²) in [6.45, 7) is 5.28. The SMILES string of the molecule is Cl.Cl.Cl.NC1(C(=O)NCCN2CCN(c3ncccn3)CC2)CCCC1. The van der Waals surface area contributed by atoms with E-state index in [2.05, 4.69) is 25.1 Å². The normalized spacial score (nSPS) is 18.9. The molecule has 2 heterocycles. The second kappa shape index (κ2) is 11.8. The Morgan fingerprint density at radius 2 is 1.65 bits per heavy atom. The van der Waals surface area contributed by atoms with Crippen LogP contribution in [0.1, 0.15) is 25.7 Å². The van der Waals surface area contributed by atoms with Gasteiger partial charge in [-0.15, -0.1) is 37.2 Å². The fraction of sp³-hybridized carbons (Fsp3) is 0.688. The van der Waals surface area contributed by atoms with Gasteiger partial charge in [-0.3, -0.25) is 9.69 Å². The van der Waals surface area contributed by atoms with Crippen molar-refractivity contribution in [3.8, 4) is 0 Å². The van der Waals surface area contributed by atoms with E-state index in [-0.39, 0.29) is 43.1 Å². The van der Waals surface area contributed by atoms with E-state index in [1.54, 1.807) is 12.4 Å². The summed E-state index contributed by atoms with van der Waals surface area (Å²) in [7, 11) is 0. The molecule has 3 rings (SSSR count). The van der Waals surface area contributed by atoms with Crippen LogP contribution in [0.2, 0.25) is 0 Å². The molecule has 1 aromatic heterocycles. The number of hydrogen-bond donors (Lipinski definition) is 2. The van der Waals surface area contributed by atoms with Crippen molar-refractivity contribution >= 4 is 49.1 Å². The van der Waals surface area contributed by atoms with Gasteiger partial charge in [0.1, 0.15) is 0 Å². The Morgan fingerprint density at radius 3 is 2.23 bits per heavy atom. The summed E-state index contributed by atoms with van der Waals surface area (Å²) < 4.78 is 0. The van der Waals surface area contributed by atoms with Gasteiger partial charge in [-0.25, -0.2) is 9.97 Å². The number of nitrogens with two attached hydrogens (primary N) is 1. The highest BCUT2D eigenvalue weighted by molar-refractivity contribution is 5.86. The van der Waals surface area contributed by atoms with Gasteiger partial charge in [-0.1, -0.05) is 12.8 Å². The Hall–Kier alpha value is -0.860. The van der Waals surface area contributed by atoms with Gasteiger partial charge in [0.05, 0.1) is 5.54 Å². The molecule has 1 amide bonds. The number of halogens is 3. The number of aromatic nitrogens is 2. The number of carbonyl (C=O) groups excluding carboxylic acids is 1. The van der Waals surface area contributed by atoms with Crippen molar-refractivity contribution in [2.24, 2.45) is 5.73 Å². The van der Waals surface area contributed by atoms with Crippen molar-refractivity contribution in [1.29, 1.82) is 0 Å². The fourth-order valence-electron chi connectivity index (χ4n) is 3.36. The largest absolute Gasteiger partial charge is 0.353 e. The molecule has 1 saturated carbocycles. The molecule has 0 atom stereocenters. The van der Waals surface area contributed by atoms with Gasteiger partial charge in [-0.05, 0) is 18.9 Å². The second-order valence-corrected chi connectivity index (χ2v) is 6.50. The van der Waals surface area contributed by atoms with Crippen molar-refractivity contribution in [3.63, 3.8) is 0 Å². The van der Waals surface area contributed by atoms with Crippen LogP contribution in [-0.2, 0) is 4.79 Å². The molecule has 1 aromatic rings. The number of amides is 1. The first-order valence-electron chi connectivity index (χ1n) is 8.49. The first-order valence-corrected chi connectivity index (χ1v) is 8.49. The lowest BCUT2D eigenvalue weighted by Crippen LogP contribution is -2.54. The zero-order chi connectivity index (χ0) is 16.1. The molecule has 10 heteroatoms. The maximum Gasteiger partial charge on any atom is 0.240 e. The Bertz CT molecular complexity index is 522. The van der Waals surface area contributed by atoms with Crippen LogP contribution in [0, 0.1) is 0 Å². The average molecular weight is 428 g/mol. The summed E-state index contributed by atoms with van der Waals surface area (Å²) in [5.41, 5.74) is 5.54. The predicted molar refractivity (Wildman–Crippen MR) is 111 cm³/mol. The molecular formula is C16H29Cl3N6O. The molecule has 26 heavy (non-hydrogen) atoms. The molecule has 7 nitrogen and oxygen atoms in total. The fourth-order valence-corrected chi connectivity index (χ4v) is 3.36. The van der Waals surface area contributed by atoms with E-state index in [4.69, 9.17) is 5.73 Å². The van der Waals surface area contributed by atoms with Gasteiger partial charge in [0.25, 0.3) is 0 Å². The number of anilines is 1. The van der Waals surface area contributed by atoms with Crippen LogP contribution in [0.5, 0.6) is 0 Å². The summed E-state index contributed by atoms with van der Waals surface area (Å²) in [5, 5.41) is 3.01. The Labute approximate surface area is 173 Å². The van der Waals surface area contributed by atoms with Crippen LogP contribution in [0.25, 0.3) is 0 Å². The molecule has 1 aliphatic carbocycles. The van der Waals surface area contributed by atoms with E-state index in [0.717, 1.165) is 64.4 Å². The van der Waals surface area contributed by atoms with Crippen LogP contribution in [0.4, 0.5) is 5.95 Å². The zero-order valence-electron chi connectivity index (χ0n) is 14.8. The Kier molecular flexibility index (Phi) is 11.4. The maximum absolute atomic E-state index is 12.2. The third-order valence-corrected chi connectivity index (χ3v) is 4.87. The standard InChI is InChI=1S/C16H26N6O.3ClH/c17-16(4-1-2-5-16)14(23)18-8-9-21-10-12-22(13-11-21)15-19-6-3-7-20-15;;;/h3,6-7H,1-2,4-5,8-13,17H2,(H,18,23);3*1H. The highest BCUT2D eigenvalue weighted by Crippen LogP contribution is 2.27. The molecule has 1 aliphatic heterocycles. The molecule has 0 bridgehead atoms. The topological polar surface area (TPSA) is 87.4 Å². The quantitative estimate of drug-likeness (QED) is 0.735. The summed E-state index contributed by atoms with van der Waals surface area (Å²) in [6, 6.07) is 1.83. The number of hydrogen-bond acceptors (Lipinski definition) is 6. The van der Waals surface area contributed by atoms with Crippen molar-refractivity contribution < 1.29 is 4.79 Å². The molecule has 1 saturated heterocycles. The molecule has 0 aromatic carbocycles. The number of piperazine rings is 1. The minimum atomic E-state index is -0.622. The molecule has 2 aliphatic rings. The van der Waals surface area contributed by atoms with Gasteiger partial charge in [0.2, 0.25) is 11.9 Å². The minimum Gasteiger partial charge on any atom is -0.353 e. The molecule has 150 valence electrons. The summed E-state index contributed by atoms with van der Waals surface area (Å²) in [5.74, 6) is 0.818. The number of nitrogens with zero attached hydrogens (tertiary/aromatic N) is 4. The van der Waals surface area contributed by atoms with E-state index in [9.17, 15) is 4.79 Å². The van der Waals surface area contributed by atoms with Crippen LogP contribution in [0.3, 0.4) is 0 Å². The zero-order valence-corrected chi connectivity index (χ0v) is 17.3. The third-order valence-electron chi connectivity index (χ3n) is 4.87. The van der Waals surface area contributed by atoms with E-state index in [1.807, 2.05) is 6.07 Å². The van der Waals surface area contributed by atoms with Crippen molar-refractivity contribution in [2.45, 2.75) is 31.2 Å². The average Bonchev–Trinajstić information content (AvgIpc) is 3.04. The van der Waals surface area contributed by atoms with Crippen LogP contribution in [-0.4, -0.2) is 65.6 Å². The van der Waals surface area contributed by atoms with E-state index in [1.165, 1.54) is 0 Å². The lowest BCUT2D eigenvalue weighted by atomic mass is 9.98. The first kappa shape index (κ1) is 25.1. The molecular weight excluding hydrogens is 399 g/mol. The predicted octanol–water partition coefficient (Wildman–Crippen LogP) is 1.25. The van der Waals surface area contributed by atoms with Gasteiger partial charge in [0.15, 0.2) is 0 Å². The van der Waals surface area contributed by atoms with Crippen LogP contribution in [0.15, 0.2) is 18.5 Å². The lowest BCUT2D eigenvalue weighted by Gasteiger charge is -2.34. The lowest BCUT2D eigenvalue weighted by molar-refractivity contribution is -0.126. The van der Waals surface area contributed by atoms with Crippen LogP contribution < -0.4 is 16.0 Å². The molecule has 3 N–H and O–H groups in total. The molecule has 0 radical (unpaired) electrons. The Morgan fingerprint density at radius 1 is 1.08 bits per heavy atom. The number of nitrogens with one attached hydrogen (secondary N) is 1. The van der Waals surface area contributed by atoms with Gasteiger partial charge < -0.3 is 16.0 Å². The van der Waals surface area contributed by atoms with E-state index in [0.29, 0.717) is 6.54 Å². The smallest absolute Gasteiger partial charge is 0.240 e. The van der Waals surface area contributed by atoms with Crippen LogP contribution >= 0.6 is 37.2 Å². The summed E-state index contributed by atoms with van der Waals surface area (Å²) >= 11 is 0. The highest BCUT2D eigenvalue weighted by atomic mass is 35.5. The maximum atomic E-state index is 12.2. The third kappa shape index (κ3) is 6.39. The van der Waals surface area contributed by atoms with Gasteiger partial charge in [0, 0.05) is 51.7 Å².